The summed E-state index contributed by atoms with van der Waals surface area (Å²) in [6.07, 6.45) is 0.113. The van der Waals surface area contributed by atoms with Crippen molar-refractivity contribution in [2.24, 2.45) is 0 Å². The zero-order valence-electron chi connectivity index (χ0n) is 8.10. The molecule has 2 radical (unpaired) electrons. The fraction of sp³-hybridized carbons (Fsp3) is 0.875. The molecule has 0 aromatic carbocycles. The van der Waals surface area contributed by atoms with Crippen LogP contribution >= 0.6 is 0 Å². The van der Waals surface area contributed by atoms with E-state index in [1.54, 1.807) is 4.81 Å². The maximum absolute atomic E-state index is 10.6. The van der Waals surface area contributed by atoms with E-state index >= 15 is 0 Å². The van der Waals surface area contributed by atoms with Gasteiger partial charge in [-0.15, -0.1) is 0 Å². The first-order chi connectivity index (χ1) is 6.02. The number of hydrogen-bond acceptors (Lipinski definition) is 3. The molecule has 4 nitrogen and oxygen atoms in total. The topological polar surface area (TPSA) is 43.8 Å². The lowest BCUT2D eigenvalue weighted by molar-refractivity contribution is -0.138. The van der Waals surface area contributed by atoms with Crippen LogP contribution in [0.3, 0.4) is 0 Å². The minimum Gasteiger partial charge on any atom is -0.481 e. The Morgan fingerprint density at radius 2 is 2.23 bits per heavy atom. The first-order valence-corrected chi connectivity index (χ1v) is 4.45. The van der Waals surface area contributed by atoms with Crippen molar-refractivity contribution in [3.05, 3.63) is 0 Å². The Kier molecular flexibility index (Phi) is 3.33. The Morgan fingerprint density at radius 3 is 2.77 bits per heavy atom. The summed E-state index contributed by atoms with van der Waals surface area (Å²) in [7, 11) is 7.72. The lowest BCUT2D eigenvalue weighted by Gasteiger charge is -2.43. The van der Waals surface area contributed by atoms with Gasteiger partial charge in [0, 0.05) is 18.6 Å². The first kappa shape index (κ1) is 10.5. The van der Waals surface area contributed by atoms with Crippen LogP contribution in [0.2, 0.25) is 0 Å². The van der Waals surface area contributed by atoms with E-state index in [0.717, 1.165) is 13.1 Å². The summed E-state index contributed by atoms with van der Waals surface area (Å²) in [5, 5.41) is 8.69. The summed E-state index contributed by atoms with van der Waals surface area (Å²) < 4.78 is 0. The van der Waals surface area contributed by atoms with Gasteiger partial charge < -0.3 is 14.8 Å². The standard InChI is InChI=1S/C8H15BN2O2/c1-6-7(5-8(12)13)11(9)4-3-10(6)2/h6-7H,3-5H2,1-2H3,(H,12,13). The average molecular weight is 182 g/mol. The van der Waals surface area contributed by atoms with E-state index in [4.69, 9.17) is 13.1 Å². The van der Waals surface area contributed by atoms with E-state index < -0.39 is 5.97 Å². The van der Waals surface area contributed by atoms with Gasteiger partial charge in [0.15, 0.2) is 7.98 Å². The van der Waals surface area contributed by atoms with Crippen LogP contribution in [0.1, 0.15) is 13.3 Å². The van der Waals surface area contributed by atoms with Gasteiger partial charge in [-0.25, -0.2) is 0 Å². The van der Waals surface area contributed by atoms with Crippen LogP contribution in [0.25, 0.3) is 0 Å². The summed E-state index contributed by atoms with van der Waals surface area (Å²) in [6, 6.07) is 0.131. The number of likely N-dealkylation sites (N-methyl/N-ethyl adjacent to an activating group) is 1. The molecule has 1 aliphatic rings. The third-order valence-corrected chi connectivity index (χ3v) is 2.77. The molecule has 0 bridgehead atoms. The molecular weight excluding hydrogens is 167 g/mol. The number of aliphatic carboxylic acids is 1. The molecule has 2 atom stereocenters. The third kappa shape index (κ3) is 2.45. The summed E-state index contributed by atoms with van der Waals surface area (Å²) in [4.78, 5) is 14.3. The van der Waals surface area contributed by atoms with Gasteiger partial charge >= 0.3 is 5.97 Å². The number of piperazine rings is 1. The van der Waals surface area contributed by atoms with E-state index in [9.17, 15) is 4.79 Å². The molecule has 1 N–H and O–H groups in total. The number of carboxylic acid groups (broad SMARTS) is 1. The summed E-state index contributed by atoms with van der Waals surface area (Å²) in [5.41, 5.74) is 0. The van der Waals surface area contributed by atoms with Crippen molar-refractivity contribution in [3.8, 4) is 0 Å². The number of carboxylic acids is 1. The van der Waals surface area contributed by atoms with Gasteiger partial charge in [-0.05, 0) is 20.5 Å². The largest absolute Gasteiger partial charge is 0.481 e. The molecule has 0 spiro atoms. The molecule has 2 unspecified atom stereocenters. The van der Waals surface area contributed by atoms with Gasteiger partial charge in [0.25, 0.3) is 0 Å². The minimum absolute atomic E-state index is 0.0729. The monoisotopic (exact) mass is 182 g/mol. The highest BCUT2D eigenvalue weighted by atomic mass is 16.4. The maximum Gasteiger partial charge on any atom is 0.304 e. The second-order valence-electron chi connectivity index (χ2n) is 3.62. The number of carbonyl (C=O) groups is 1. The molecule has 0 saturated carbocycles. The Hall–Kier alpha value is -0.545. The second-order valence-corrected chi connectivity index (χ2v) is 3.62. The zero-order valence-corrected chi connectivity index (χ0v) is 8.10. The normalized spacial score (nSPS) is 31.8. The summed E-state index contributed by atoms with van der Waals surface area (Å²) in [6.45, 7) is 3.64. The number of hydrogen-bond donors (Lipinski definition) is 1. The summed E-state index contributed by atoms with van der Waals surface area (Å²) in [5.74, 6) is -0.789. The van der Waals surface area contributed by atoms with E-state index in [1.165, 1.54) is 0 Å². The number of nitrogens with zero attached hydrogens (tertiary/aromatic N) is 2. The van der Waals surface area contributed by atoms with Crippen molar-refractivity contribution < 1.29 is 9.90 Å². The van der Waals surface area contributed by atoms with Crippen LogP contribution in [0.15, 0.2) is 0 Å². The van der Waals surface area contributed by atoms with Crippen LogP contribution in [0.4, 0.5) is 0 Å². The zero-order chi connectivity index (χ0) is 10.0. The maximum atomic E-state index is 10.6. The molecule has 0 amide bonds. The van der Waals surface area contributed by atoms with Gasteiger partial charge in [0.1, 0.15) is 0 Å². The molecule has 1 rings (SSSR count). The van der Waals surface area contributed by atoms with Gasteiger partial charge in [-0.2, -0.15) is 0 Å². The van der Waals surface area contributed by atoms with Gasteiger partial charge in [-0.1, -0.05) is 0 Å². The quantitative estimate of drug-likeness (QED) is 0.587. The molecule has 0 aliphatic carbocycles. The molecular formula is C8H15BN2O2. The fourth-order valence-corrected chi connectivity index (χ4v) is 1.68. The van der Waals surface area contributed by atoms with Crippen molar-refractivity contribution >= 4 is 14.0 Å². The molecule has 1 heterocycles. The van der Waals surface area contributed by atoms with Crippen molar-refractivity contribution in [3.63, 3.8) is 0 Å². The molecule has 13 heavy (non-hydrogen) atoms. The Balaban J connectivity index is 2.60. The van der Waals surface area contributed by atoms with E-state index in [-0.39, 0.29) is 18.5 Å². The third-order valence-electron chi connectivity index (χ3n) is 2.77. The van der Waals surface area contributed by atoms with Crippen molar-refractivity contribution in [1.29, 1.82) is 0 Å². The van der Waals surface area contributed by atoms with E-state index in [0.29, 0.717) is 0 Å². The molecule has 0 aromatic rings. The van der Waals surface area contributed by atoms with Crippen LogP contribution in [0.5, 0.6) is 0 Å². The van der Waals surface area contributed by atoms with Crippen molar-refractivity contribution in [2.75, 3.05) is 20.1 Å². The summed E-state index contributed by atoms with van der Waals surface area (Å²) >= 11 is 0. The van der Waals surface area contributed by atoms with Crippen LogP contribution in [-0.2, 0) is 4.79 Å². The first-order valence-electron chi connectivity index (χ1n) is 4.45. The molecule has 72 valence electrons. The average Bonchev–Trinajstić information content (AvgIpc) is 2.05. The Labute approximate surface area is 79.9 Å². The van der Waals surface area contributed by atoms with Gasteiger partial charge in [0.2, 0.25) is 0 Å². The molecule has 1 fully saturated rings. The lowest BCUT2D eigenvalue weighted by Crippen LogP contribution is -2.56. The smallest absolute Gasteiger partial charge is 0.304 e. The van der Waals surface area contributed by atoms with Gasteiger partial charge in [0.05, 0.1) is 6.42 Å². The Bertz CT molecular complexity index is 201. The highest BCUT2D eigenvalue weighted by Gasteiger charge is 2.30. The highest BCUT2D eigenvalue weighted by molar-refractivity contribution is 6.04. The predicted octanol–water partition coefficient (Wildman–Crippen LogP) is -0.451. The van der Waals surface area contributed by atoms with Crippen molar-refractivity contribution in [1.82, 2.24) is 9.71 Å². The number of rotatable bonds is 2. The molecule has 1 aliphatic heterocycles. The van der Waals surface area contributed by atoms with Crippen LogP contribution in [0, 0.1) is 0 Å². The lowest BCUT2D eigenvalue weighted by atomic mass is 9.97. The molecule has 1 saturated heterocycles. The minimum atomic E-state index is -0.789. The van der Waals surface area contributed by atoms with Crippen molar-refractivity contribution in [2.45, 2.75) is 25.4 Å². The van der Waals surface area contributed by atoms with E-state index in [1.807, 2.05) is 14.0 Å². The Morgan fingerprint density at radius 1 is 1.62 bits per heavy atom. The van der Waals surface area contributed by atoms with Crippen LogP contribution < -0.4 is 0 Å². The fourth-order valence-electron chi connectivity index (χ4n) is 1.68. The molecule has 0 aromatic heterocycles. The molecule has 5 heteroatoms. The highest BCUT2D eigenvalue weighted by Crippen LogP contribution is 2.16. The van der Waals surface area contributed by atoms with Gasteiger partial charge in [-0.3, -0.25) is 4.79 Å². The van der Waals surface area contributed by atoms with E-state index in [2.05, 4.69) is 4.90 Å². The predicted molar refractivity (Wildman–Crippen MR) is 50.6 cm³/mol. The van der Waals surface area contributed by atoms with Crippen LogP contribution in [-0.4, -0.2) is 61.0 Å². The second kappa shape index (κ2) is 4.11. The SMILES string of the molecule is [B]N1CCN(C)C(C)C1CC(=O)O.